The zero-order valence-electron chi connectivity index (χ0n) is 8.08. The maximum Gasteiger partial charge on any atom is 0.0483 e. The smallest absolute Gasteiger partial charge is 0.0483 e. The van der Waals surface area contributed by atoms with Gasteiger partial charge in [-0.15, -0.1) is 0 Å². The average molecular weight is 169 g/mol. The van der Waals surface area contributed by atoms with E-state index >= 15 is 0 Å². The number of nitrogens with zero attached hydrogens (tertiary/aromatic N) is 1. The standard InChI is InChI=1S/C10H19NO/c1-10(2)3-9(10)6-11-4-8(5-11)7-12/h8-9,12H,3-7H2,1-2H3. The lowest BCUT2D eigenvalue weighted by Crippen LogP contribution is -2.49. The molecule has 12 heavy (non-hydrogen) atoms. The lowest BCUT2D eigenvalue weighted by molar-refractivity contribution is 0.0479. The summed E-state index contributed by atoms with van der Waals surface area (Å²) in [5.74, 6) is 1.50. The molecule has 0 aromatic carbocycles. The molecule has 2 heteroatoms. The molecule has 2 nitrogen and oxygen atoms in total. The summed E-state index contributed by atoms with van der Waals surface area (Å²) in [6.45, 7) is 8.60. The van der Waals surface area contributed by atoms with Gasteiger partial charge in [0.15, 0.2) is 0 Å². The van der Waals surface area contributed by atoms with Crippen molar-refractivity contribution >= 4 is 0 Å². The Labute approximate surface area is 74.6 Å². The Hall–Kier alpha value is -0.0800. The molecule has 2 fully saturated rings. The number of hydrogen-bond donors (Lipinski definition) is 1. The van der Waals surface area contributed by atoms with Crippen LogP contribution in [0, 0.1) is 17.3 Å². The highest BCUT2D eigenvalue weighted by atomic mass is 16.3. The van der Waals surface area contributed by atoms with E-state index in [1.54, 1.807) is 0 Å². The van der Waals surface area contributed by atoms with E-state index in [9.17, 15) is 0 Å². The SMILES string of the molecule is CC1(C)CC1CN1CC(CO)C1. The van der Waals surface area contributed by atoms with Crippen LogP contribution in [-0.2, 0) is 0 Å². The van der Waals surface area contributed by atoms with Gasteiger partial charge in [-0.1, -0.05) is 13.8 Å². The number of aliphatic hydroxyl groups excluding tert-OH is 1. The Bertz CT molecular complexity index is 173. The second-order valence-electron chi connectivity index (χ2n) is 5.16. The molecule has 0 radical (unpaired) electrons. The molecule has 1 saturated carbocycles. The van der Waals surface area contributed by atoms with Crippen molar-refractivity contribution in [1.82, 2.24) is 4.90 Å². The predicted molar refractivity (Wildman–Crippen MR) is 48.9 cm³/mol. The number of hydrogen-bond acceptors (Lipinski definition) is 2. The molecule has 1 unspecified atom stereocenters. The van der Waals surface area contributed by atoms with Crippen LogP contribution in [0.2, 0.25) is 0 Å². The molecule has 1 aliphatic carbocycles. The first-order chi connectivity index (χ1) is 5.62. The van der Waals surface area contributed by atoms with Gasteiger partial charge in [-0.2, -0.15) is 0 Å². The Kier molecular flexibility index (Phi) is 1.92. The highest BCUT2D eigenvalue weighted by Crippen LogP contribution is 2.52. The molecule has 0 aromatic heterocycles. The van der Waals surface area contributed by atoms with Crippen molar-refractivity contribution in [1.29, 1.82) is 0 Å². The number of rotatable bonds is 3. The van der Waals surface area contributed by atoms with Crippen LogP contribution in [0.25, 0.3) is 0 Å². The van der Waals surface area contributed by atoms with Gasteiger partial charge in [-0.05, 0) is 17.8 Å². The Morgan fingerprint density at radius 3 is 2.42 bits per heavy atom. The lowest BCUT2D eigenvalue weighted by Gasteiger charge is -2.38. The zero-order chi connectivity index (χ0) is 8.77. The first kappa shape index (κ1) is 8.52. The summed E-state index contributed by atoms with van der Waals surface area (Å²) < 4.78 is 0. The third-order valence-corrected chi connectivity index (χ3v) is 3.49. The average Bonchev–Trinajstić information content (AvgIpc) is 2.49. The summed E-state index contributed by atoms with van der Waals surface area (Å²) in [6.07, 6.45) is 1.40. The first-order valence-corrected chi connectivity index (χ1v) is 4.95. The monoisotopic (exact) mass is 169 g/mol. The lowest BCUT2D eigenvalue weighted by atomic mass is 10.00. The maximum absolute atomic E-state index is 8.83. The van der Waals surface area contributed by atoms with Crippen LogP contribution in [0.5, 0.6) is 0 Å². The quantitative estimate of drug-likeness (QED) is 0.680. The largest absolute Gasteiger partial charge is 0.396 e. The molecule has 1 aliphatic heterocycles. The van der Waals surface area contributed by atoms with Crippen LogP contribution in [0.15, 0.2) is 0 Å². The van der Waals surface area contributed by atoms with E-state index in [0.29, 0.717) is 17.9 Å². The molecule has 70 valence electrons. The highest BCUT2D eigenvalue weighted by Gasteiger charge is 2.47. The summed E-state index contributed by atoms with van der Waals surface area (Å²) in [5, 5.41) is 8.83. The molecule has 1 saturated heterocycles. The van der Waals surface area contributed by atoms with Gasteiger partial charge in [-0.3, -0.25) is 0 Å². The van der Waals surface area contributed by atoms with Gasteiger partial charge in [0.1, 0.15) is 0 Å². The predicted octanol–water partition coefficient (Wildman–Crippen LogP) is 0.957. The van der Waals surface area contributed by atoms with Gasteiger partial charge in [0.2, 0.25) is 0 Å². The minimum absolute atomic E-state index is 0.380. The number of likely N-dealkylation sites (tertiary alicyclic amines) is 1. The molecule has 0 amide bonds. The van der Waals surface area contributed by atoms with Crippen LogP contribution in [-0.4, -0.2) is 36.2 Å². The van der Waals surface area contributed by atoms with Crippen molar-refractivity contribution in [2.24, 2.45) is 17.3 Å². The minimum Gasteiger partial charge on any atom is -0.396 e. The molecule has 1 heterocycles. The Morgan fingerprint density at radius 2 is 2.00 bits per heavy atom. The zero-order valence-corrected chi connectivity index (χ0v) is 8.08. The van der Waals surface area contributed by atoms with E-state index in [1.807, 2.05) is 0 Å². The van der Waals surface area contributed by atoms with Crippen molar-refractivity contribution in [3.63, 3.8) is 0 Å². The van der Waals surface area contributed by atoms with Gasteiger partial charge >= 0.3 is 0 Å². The maximum atomic E-state index is 8.83. The van der Waals surface area contributed by atoms with E-state index in [1.165, 1.54) is 13.0 Å². The molecule has 1 N–H and O–H groups in total. The summed E-state index contributed by atoms with van der Waals surface area (Å²) in [4.78, 5) is 2.47. The first-order valence-electron chi connectivity index (χ1n) is 4.95. The number of aliphatic hydroxyl groups is 1. The fourth-order valence-corrected chi connectivity index (χ4v) is 2.14. The van der Waals surface area contributed by atoms with Crippen LogP contribution in [0.1, 0.15) is 20.3 Å². The van der Waals surface area contributed by atoms with Crippen LogP contribution in [0.3, 0.4) is 0 Å². The summed E-state index contributed by atoms with van der Waals surface area (Å²) in [7, 11) is 0. The van der Waals surface area contributed by atoms with Crippen molar-refractivity contribution in [2.75, 3.05) is 26.2 Å². The van der Waals surface area contributed by atoms with Gasteiger partial charge in [0.05, 0.1) is 0 Å². The molecular formula is C10H19NO. The fourth-order valence-electron chi connectivity index (χ4n) is 2.14. The van der Waals surface area contributed by atoms with Crippen molar-refractivity contribution in [2.45, 2.75) is 20.3 Å². The summed E-state index contributed by atoms with van der Waals surface area (Å²) >= 11 is 0. The summed E-state index contributed by atoms with van der Waals surface area (Å²) in [6, 6.07) is 0. The molecule has 2 aliphatic rings. The van der Waals surface area contributed by atoms with Gasteiger partial charge in [0, 0.05) is 32.2 Å². The normalized spacial score (nSPS) is 34.8. The molecule has 2 rings (SSSR count). The second-order valence-corrected chi connectivity index (χ2v) is 5.16. The topological polar surface area (TPSA) is 23.5 Å². The van der Waals surface area contributed by atoms with Crippen LogP contribution < -0.4 is 0 Å². The van der Waals surface area contributed by atoms with Gasteiger partial charge in [-0.25, -0.2) is 0 Å². The van der Waals surface area contributed by atoms with E-state index in [-0.39, 0.29) is 0 Å². The van der Waals surface area contributed by atoms with Crippen molar-refractivity contribution in [3.8, 4) is 0 Å². The Balaban J connectivity index is 1.65. The van der Waals surface area contributed by atoms with Gasteiger partial charge in [0.25, 0.3) is 0 Å². The summed E-state index contributed by atoms with van der Waals surface area (Å²) in [5.41, 5.74) is 0.615. The van der Waals surface area contributed by atoms with Gasteiger partial charge < -0.3 is 10.0 Å². The third kappa shape index (κ3) is 1.50. The molecule has 1 atom stereocenters. The molecule has 0 bridgehead atoms. The fraction of sp³-hybridized carbons (Fsp3) is 1.00. The van der Waals surface area contributed by atoms with Crippen LogP contribution >= 0.6 is 0 Å². The molecular weight excluding hydrogens is 150 g/mol. The Morgan fingerprint density at radius 1 is 1.42 bits per heavy atom. The van der Waals surface area contributed by atoms with E-state index in [4.69, 9.17) is 5.11 Å². The second kappa shape index (κ2) is 2.71. The van der Waals surface area contributed by atoms with Crippen LogP contribution in [0.4, 0.5) is 0 Å². The van der Waals surface area contributed by atoms with E-state index in [0.717, 1.165) is 19.0 Å². The van der Waals surface area contributed by atoms with E-state index < -0.39 is 0 Å². The van der Waals surface area contributed by atoms with Crippen molar-refractivity contribution in [3.05, 3.63) is 0 Å². The third-order valence-electron chi connectivity index (χ3n) is 3.49. The highest BCUT2D eigenvalue weighted by molar-refractivity contribution is 4.98. The molecule has 0 aromatic rings. The van der Waals surface area contributed by atoms with E-state index in [2.05, 4.69) is 18.7 Å². The van der Waals surface area contributed by atoms with Crippen molar-refractivity contribution < 1.29 is 5.11 Å². The minimum atomic E-state index is 0.380. The molecule has 0 spiro atoms.